The SMILES string of the molecule is COc1ncc(C)c(NC(=O)c2cc(F)c(-c3cnc(C)c(CO)n3)cc2O[C@@H](C)C(F)(F)F)c1C. The highest BCUT2D eigenvalue weighted by molar-refractivity contribution is 6.07. The predicted molar refractivity (Wildman–Crippen MR) is 122 cm³/mol. The van der Waals surface area contributed by atoms with E-state index < -0.39 is 41.9 Å². The van der Waals surface area contributed by atoms with Crippen LogP contribution in [0.5, 0.6) is 11.6 Å². The van der Waals surface area contributed by atoms with Gasteiger partial charge >= 0.3 is 6.18 Å². The molecule has 0 spiro atoms. The summed E-state index contributed by atoms with van der Waals surface area (Å²) in [6, 6.07) is 1.73. The fraction of sp³-hybridized carbons (Fsp3) is 0.333. The normalized spacial score (nSPS) is 12.3. The molecule has 0 unspecified atom stereocenters. The first-order chi connectivity index (χ1) is 16.9. The second kappa shape index (κ2) is 10.4. The Kier molecular flexibility index (Phi) is 7.77. The van der Waals surface area contributed by atoms with E-state index in [0.717, 1.165) is 19.1 Å². The van der Waals surface area contributed by atoms with Crippen LogP contribution in [0.3, 0.4) is 0 Å². The summed E-state index contributed by atoms with van der Waals surface area (Å²) in [7, 11) is 1.39. The average Bonchev–Trinajstić information content (AvgIpc) is 2.82. The number of nitrogens with zero attached hydrogens (tertiary/aromatic N) is 3. The number of ether oxygens (including phenoxy) is 2. The first-order valence-electron chi connectivity index (χ1n) is 10.7. The fourth-order valence-corrected chi connectivity index (χ4v) is 3.35. The van der Waals surface area contributed by atoms with Crippen LogP contribution in [0.4, 0.5) is 23.2 Å². The number of anilines is 1. The molecular formula is C24H24F4N4O4. The van der Waals surface area contributed by atoms with Crippen molar-refractivity contribution >= 4 is 11.6 Å². The zero-order chi connectivity index (χ0) is 26.8. The van der Waals surface area contributed by atoms with Crippen molar-refractivity contribution in [3.8, 4) is 22.9 Å². The number of carbonyl (C=O) groups is 1. The number of nitrogens with one attached hydrogen (secondary N) is 1. The minimum atomic E-state index is -4.75. The maximum absolute atomic E-state index is 15.2. The van der Waals surface area contributed by atoms with Gasteiger partial charge in [-0.3, -0.25) is 9.78 Å². The van der Waals surface area contributed by atoms with Gasteiger partial charge in [0.05, 0.1) is 48.2 Å². The van der Waals surface area contributed by atoms with Crippen molar-refractivity contribution in [1.82, 2.24) is 15.0 Å². The summed E-state index contributed by atoms with van der Waals surface area (Å²) in [6.07, 6.45) is -4.39. The number of alkyl halides is 3. The number of methoxy groups -OCH3 is 1. The number of aliphatic hydroxyl groups is 1. The molecule has 2 heterocycles. The Bertz CT molecular complexity index is 1300. The van der Waals surface area contributed by atoms with Gasteiger partial charge < -0.3 is 19.9 Å². The summed E-state index contributed by atoms with van der Waals surface area (Å²) in [5, 5.41) is 12.0. The lowest BCUT2D eigenvalue weighted by molar-refractivity contribution is -0.189. The first kappa shape index (κ1) is 26.8. The largest absolute Gasteiger partial charge is 0.481 e. The number of carbonyl (C=O) groups excluding carboxylic acids is 1. The van der Waals surface area contributed by atoms with Crippen molar-refractivity contribution in [1.29, 1.82) is 0 Å². The Balaban J connectivity index is 2.12. The molecule has 3 aromatic rings. The van der Waals surface area contributed by atoms with Gasteiger partial charge in [0.15, 0.2) is 6.10 Å². The number of aromatic nitrogens is 3. The van der Waals surface area contributed by atoms with Crippen molar-refractivity contribution < 1.29 is 36.9 Å². The van der Waals surface area contributed by atoms with E-state index >= 15 is 4.39 Å². The molecule has 1 atom stereocenters. The van der Waals surface area contributed by atoms with Gasteiger partial charge in [-0.25, -0.2) is 14.4 Å². The monoisotopic (exact) mass is 508 g/mol. The van der Waals surface area contributed by atoms with E-state index in [4.69, 9.17) is 9.47 Å². The highest BCUT2D eigenvalue weighted by Crippen LogP contribution is 2.34. The predicted octanol–water partition coefficient (Wildman–Crippen LogP) is 4.69. The lowest BCUT2D eigenvalue weighted by atomic mass is 10.0. The maximum atomic E-state index is 15.2. The molecular weight excluding hydrogens is 484 g/mol. The van der Waals surface area contributed by atoms with Crippen LogP contribution in [0.1, 0.15) is 39.8 Å². The average molecular weight is 508 g/mol. The van der Waals surface area contributed by atoms with E-state index in [9.17, 15) is 23.1 Å². The summed E-state index contributed by atoms with van der Waals surface area (Å²) >= 11 is 0. The maximum Gasteiger partial charge on any atom is 0.425 e. The number of hydrogen-bond donors (Lipinski definition) is 2. The number of hydrogen-bond acceptors (Lipinski definition) is 7. The number of halogens is 4. The molecule has 0 fully saturated rings. The molecule has 192 valence electrons. The van der Waals surface area contributed by atoms with Gasteiger partial charge in [-0.1, -0.05) is 0 Å². The minimum absolute atomic E-state index is 0.0517. The molecule has 0 radical (unpaired) electrons. The van der Waals surface area contributed by atoms with E-state index in [2.05, 4.69) is 20.3 Å². The van der Waals surface area contributed by atoms with E-state index in [1.165, 1.54) is 19.5 Å². The smallest absolute Gasteiger partial charge is 0.425 e. The first-order valence-corrected chi connectivity index (χ1v) is 10.7. The van der Waals surface area contributed by atoms with Gasteiger partial charge in [0.25, 0.3) is 5.91 Å². The Hall–Kier alpha value is -3.80. The fourth-order valence-electron chi connectivity index (χ4n) is 3.35. The zero-order valence-corrected chi connectivity index (χ0v) is 20.1. The van der Waals surface area contributed by atoms with Crippen LogP contribution in [-0.2, 0) is 6.61 Å². The lowest BCUT2D eigenvalue weighted by Gasteiger charge is -2.21. The molecule has 0 saturated heterocycles. The lowest BCUT2D eigenvalue weighted by Crippen LogP contribution is -2.32. The number of rotatable bonds is 7. The standard InChI is InChI=1S/C24H24F4N4O4/c1-11-8-30-23(35-5)12(2)21(11)32-22(34)16-6-17(25)15(7-20(16)36-14(4)24(26,27)28)18-9-29-13(3)19(10-33)31-18/h6-9,14,33H,10H2,1-5H3,(H,30,32,34)/t14-/m0/s1. The van der Waals surface area contributed by atoms with Crippen molar-refractivity contribution in [3.63, 3.8) is 0 Å². The number of aryl methyl sites for hydroxylation is 2. The van der Waals surface area contributed by atoms with Gasteiger partial charge in [0, 0.05) is 17.3 Å². The van der Waals surface area contributed by atoms with E-state index in [1.807, 2.05) is 0 Å². The molecule has 12 heteroatoms. The quantitative estimate of drug-likeness (QED) is 0.446. The third-order valence-electron chi connectivity index (χ3n) is 5.46. The molecule has 1 aromatic carbocycles. The molecule has 0 bridgehead atoms. The molecule has 0 aliphatic rings. The summed E-state index contributed by atoms with van der Waals surface area (Å²) in [6.45, 7) is 5.18. The molecule has 2 aromatic heterocycles. The molecule has 1 amide bonds. The van der Waals surface area contributed by atoms with Crippen LogP contribution >= 0.6 is 0 Å². The Morgan fingerprint density at radius 1 is 1.17 bits per heavy atom. The Labute approximate surface area is 204 Å². The van der Waals surface area contributed by atoms with Gasteiger partial charge in [-0.15, -0.1) is 0 Å². The number of pyridine rings is 1. The molecule has 8 nitrogen and oxygen atoms in total. The van der Waals surface area contributed by atoms with Crippen molar-refractivity contribution in [2.45, 2.75) is 46.6 Å². The second-order valence-corrected chi connectivity index (χ2v) is 7.98. The van der Waals surface area contributed by atoms with Crippen LogP contribution in [-0.4, -0.2) is 45.4 Å². The molecule has 0 aliphatic heterocycles. The summed E-state index contributed by atoms with van der Waals surface area (Å²) < 4.78 is 65.3. The van der Waals surface area contributed by atoms with Crippen LogP contribution in [0, 0.1) is 26.6 Å². The van der Waals surface area contributed by atoms with Gasteiger partial charge in [-0.2, -0.15) is 13.2 Å². The third-order valence-corrected chi connectivity index (χ3v) is 5.46. The van der Waals surface area contributed by atoms with Crippen LogP contribution in [0.15, 0.2) is 24.5 Å². The molecule has 0 saturated carbocycles. The van der Waals surface area contributed by atoms with E-state index in [0.29, 0.717) is 22.5 Å². The second-order valence-electron chi connectivity index (χ2n) is 7.98. The molecule has 2 N–H and O–H groups in total. The van der Waals surface area contributed by atoms with E-state index in [1.54, 1.807) is 20.8 Å². The van der Waals surface area contributed by atoms with Crippen LogP contribution in [0.25, 0.3) is 11.3 Å². The van der Waals surface area contributed by atoms with Crippen molar-refractivity contribution in [3.05, 3.63) is 58.4 Å². The Morgan fingerprint density at radius 3 is 2.47 bits per heavy atom. The summed E-state index contributed by atoms with van der Waals surface area (Å²) in [4.78, 5) is 25.4. The van der Waals surface area contributed by atoms with Gasteiger partial charge in [0.2, 0.25) is 5.88 Å². The van der Waals surface area contributed by atoms with Crippen molar-refractivity contribution in [2.24, 2.45) is 0 Å². The number of aliphatic hydroxyl groups excluding tert-OH is 1. The highest BCUT2D eigenvalue weighted by Gasteiger charge is 2.39. The summed E-state index contributed by atoms with van der Waals surface area (Å²) in [5.74, 6) is -2.14. The van der Waals surface area contributed by atoms with Gasteiger partial charge in [-0.05, 0) is 45.4 Å². The minimum Gasteiger partial charge on any atom is -0.481 e. The highest BCUT2D eigenvalue weighted by atomic mass is 19.4. The van der Waals surface area contributed by atoms with E-state index in [-0.39, 0.29) is 22.8 Å². The van der Waals surface area contributed by atoms with Crippen LogP contribution < -0.4 is 14.8 Å². The summed E-state index contributed by atoms with van der Waals surface area (Å²) in [5.41, 5.74) is 1.13. The van der Waals surface area contributed by atoms with Crippen molar-refractivity contribution in [2.75, 3.05) is 12.4 Å². The molecule has 0 aliphatic carbocycles. The zero-order valence-electron chi connectivity index (χ0n) is 20.1. The number of amides is 1. The molecule has 3 rings (SSSR count). The number of benzene rings is 1. The Morgan fingerprint density at radius 2 is 1.86 bits per heavy atom. The molecule has 36 heavy (non-hydrogen) atoms. The van der Waals surface area contributed by atoms with Gasteiger partial charge in [0.1, 0.15) is 11.6 Å². The third kappa shape index (κ3) is 5.54. The van der Waals surface area contributed by atoms with Crippen LogP contribution in [0.2, 0.25) is 0 Å². The topological polar surface area (TPSA) is 106 Å².